The third-order valence-electron chi connectivity index (χ3n) is 6.72. The normalized spacial score (nSPS) is 11.1. The lowest BCUT2D eigenvalue weighted by molar-refractivity contribution is 0.0948. The molecule has 202 valence electrons. The Morgan fingerprint density at radius 2 is 1.73 bits per heavy atom. The largest absolute Gasteiger partial charge is 0.348 e. The minimum Gasteiger partial charge on any atom is -0.348 e. The summed E-state index contributed by atoms with van der Waals surface area (Å²) < 4.78 is 28.0. The van der Waals surface area contributed by atoms with Crippen LogP contribution in [0, 0.1) is 11.6 Å². The van der Waals surface area contributed by atoms with E-state index in [1.807, 2.05) is 48.8 Å². The van der Waals surface area contributed by atoms with Crippen LogP contribution in [0.25, 0.3) is 33.3 Å². The van der Waals surface area contributed by atoms with Gasteiger partial charge in [-0.05, 0) is 58.7 Å². The van der Waals surface area contributed by atoms with E-state index < -0.39 is 23.1 Å². The number of carbonyl (C=O) groups excluding carboxylic acids is 1. The summed E-state index contributed by atoms with van der Waals surface area (Å²) in [4.78, 5) is 41.7. The second kappa shape index (κ2) is 10.9. The van der Waals surface area contributed by atoms with E-state index in [9.17, 15) is 18.4 Å². The van der Waals surface area contributed by atoms with Gasteiger partial charge in [0.15, 0.2) is 11.6 Å². The van der Waals surface area contributed by atoms with E-state index in [-0.39, 0.29) is 18.7 Å². The molecule has 8 nitrogen and oxygen atoms in total. The first kappa shape index (κ1) is 25.8. The smallest absolute Gasteiger partial charge is 0.266 e. The molecule has 6 aromatic rings. The number of pyridine rings is 2. The minimum absolute atomic E-state index is 0.0610. The molecule has 0 bridgehead atoms. The third-order valence-corrected chi connectivity index (χ3v) is 6.72. The molecule has 0 saturated carbocycles. The highest BCUT2D eigenvalue weighted by Gasteiger charge is 2.15. The fraction of sp³-hybridized carbons (Fsp3) is 0.0645. The van der Waals surface area contributed by atoms with Crippen molar-refractivity contribution in [1.29, 1.82) is 0 Å². The van der Waals surface area contributed by atoms with Crippen LogP contribution in [-0.4, -0.2) is 30.4 Å². The van der Waals surface area contributed by atoms with Crippen molar-refractivity contribution in [2.75, 3.05) is 0 Å². The van der Waals surface area contributed by atoms with Crippen LogP contribution in [0.1, 0.15) is 21.5 Å². The summed E-state index contributed by atoms with van der Waals surface area (Å²) in [6, 6.07) is 17.0. The number of hydrogen-bond acceptors (Lipinski definition) is 5. The average molecular weight is 549 g/mol. The van der Waals surface area contributed by atoms with E-state index in [0.29, 0.717) is 5.56 Å². The van der Waals surface area contributed by atoms with E-state index in [2.05, 4.69) is 31.3 Å². The molecule has 2 N–H and O–H groups in total. The highest BCUT2D eigenvalue weighted by Crippen LogP contribution is 2.31. The number of halogens is 2. The van der Waals surface area contributed by atoms with Crippen LogP contribution in [0.4, 0.5) is 8.78 Å². The summed E-state index contributed by atoms with van der Waals surface area (Å²) in [6.45, 7) is 0.113. The Morgan fingerprint density at radius 3 is 2.56 bits per heavy atom. The zero-order valence-electron chi connectivity index (χ0n) is 21.5. The SMILES string of the molecule is O=C(NCc1cccc(-c2c[nH]c3ncc(-c4ccncc4)cc23)c1)c1cncn(Cc2ccc(F)c(F)c2)c1=O. The summed E-state index contributed by atoms with van der Waals surface area (Å²) in [5, 5.41) is 3.73. The number of hydrogen-bond donors (Lipinski definition) is 2. The molecule has 2 aromatic carbocycles. The van der Waals surface area contributed by atoms with Gasteiger partial charge in [-0.15, -0.1) is 0 Å². The Morgan fingerprint density at radius 1 is 0.878 bits per heavy atom. The van der Waals surface area contributed by atoms with Crippen LogP contribution in [0.3, 0.4) is 0 Å². The van der Waals surface area contributed by atoms with Gasteiger partial charge in [0.25, 0.3) is 11.5 Å². The number of aromatic nitrogens is 5. The standard InChI is InChI=1S/C31H22F2N6O2/c32-27-5-4-20(11-28(27)33)17-39-18-35-15-26(31(39)41)30(40)38-13-19-2-1-3-22(10-19)25-16-37-29-24(25)12-23(14-36-29)21-6-8-34-9-7-21/h1-12,14-16,18H,13,17H2,(H,36,37)(H,38,40). The van der Waals surface area contributed by atoms with E-state index in [4.69, 9.17) is 0 Å². The van der Waals surface area contributed by atoms with Crippen molar-refractivity contribution in [3.05, 3.63) is 137 Å². The molecule has 0 atom stereocenters. The maximum atomic E-state index is 13.6. The van der Waals surface area contributed by atoms with Crippen molar-refractivity contribution < 1.29 is 13.6 Å². The fourth-order valence-corrected chi connectivity index (χ4v) is 4.62. The highest BCUT2D eigenvalue weighted by atomic mass is 19.2. The first-order valence-electron chi connectivity index (χ1n) is 12.7. The highest BCUT2D eigenvalue weighted by molar-refractivity contribution is 5.96. The quantitative estimate of drug-likeness (QED) is 0.289. The first-order chi connectivity index (χ1) is 20.0. The number of amides is 1. The number of nitrogens with one attached hydrogen (secondary N) is 2. The number of fused-ring (bicyclic) bond motifs is 1. The van der Waals surface area contributed by atoms with Gasteiger partial charge in [0.1, 0.15) is 11.2 Å². The molecule has 41 heavy (non-hydrogen) atoms. The van der Waals surface area contributed by atoms with E-state index in [0.717, 1.165) is 51.0 Å². The summed E-state index contributed by atoms with van der Waals surface area (Å²) >= 11 is 0. The molecule has 10 heteroatoms. The van der Waals surface area contributed by atoms with Crippen molar-refractivity contribution in [2.24, 2.45) is 0 Å². The Bertz CT molecular complexity index is 1950. The van der Waals surface area contributed by atoms with Gasteiger partial charge in [-0.2, -0.15) is 0 Å². The second-order valence-corrected chi connectivity index (χ2v) is 9.43. The van der Waals surface area contributed by atoms with Gasteiger partial charge in [0.2, 0.25) is 0 Å². The molecule has 0 aliphatic carbocycles. The summed E-state index contributed by atoms with van der Waals surface area (Å²) in [7, 11) is 0. The van der Waals surface area contributed by atoms with Crippen molar-refractivity contribution in [2.45, 2.75) is 13.1 Å². The molecule has 0 spiro atoms. The number of nitrogens with zero attached hydrogens (tertiary/aromatic N) is 4. The molecule has 4 aromatic heterocycles. The molecule has 0 unspecified atom stereocenters. The van der Waals surface area contributed by atoms with Crippen LogP contribution in [0.2, 0.25) is 0 Å². The molecule has 1 amide bonds. The molecule has 0 aliphatic heterocycles. The van der Waals surface area contributed by atoms with Gasteiger partial charge in [-0.1, -0.05) is 24.3 Å². The van der Waals surface area contributed by atoms with E-state index in [1.165, 1.54) is 23.2 Å². The average Bonchev–Trinajstić information content (AvgIpc) is 3.43. The topological polar surface area (TPSA) is 106 Å². The Kier molecular flexibility index (Phi) is 6.87. The first-order valence-corrected chi connectivity index (χ1v) is 12.7. The van der Waals surface area contributed by atoms with E-state index in [1.54, 1.807) is 12.4 Å². The fourth-order valence-electron chi connectivity index (χ4n) is 4.62. The molecule has 6 rings (SSSR count). The number of H-pyrrole nitrogens is 1. The van der Waals surface area contributed by atoms with Crippen LogP contribution in [-0.2, 0) is 13.1 Å². The zero-order chi connectivity index (χ0) is 28.3. The number of carbonyl (C=O) groups is 1. The Hall–Kier alpha value is -5.51. The third kappa shape index (κ3) is 5.35. The van der Waals surface area contributed by atoms with Crippen LogP contribution < -0.4 is 10.9 Å². The number of aromatic amines is 1. The summed E-state index contributed by atoms with van der Waals surface area (Å²) in [5.41, 5.74) is 5.08. The maximum absolute atomic E-state index is 13.6. The lowest BCUT2D eigenvalue weighted by Crippen LogP contribution is -2.33. The second-order valence-electron chi connectivity index (χ2n) is 9.43. The minimum atomic E-state index is -1.02. The molecular formula is C31H22F2N6O2. The van der Waals surface area contributed by atoms with Gasteiger partial charge in [-0.25, -0.2) is 18.7 Å². The molecular weight excluding hydrogens is 526 g/mol. The predicted octanol–water partition coefficient (Wildman–Crippen LogP) is 5.11. The van der Waals surface area contributed by atoms with Crippen LogP contribution in [0.15, 0.2) is 103 Å². The molecule has 0 aliphatic rings. The monoisotopic (exact) mass is 548 g/mol. The molecule has 4 heterocycles. The summed E-state index contributed by atoms with van der Waals surface area (Å²) in [5.74, 6) is -2.59. The zero-order valence-corrected chi connectivity index (χ0v) is 21.5. The van der Waals surface area contributed by atoms with Crippen molar-refractivity contribution in [3.8, 4) is 22.3 Å². The van der Waals surface area contributed by atoms with Gasteiger partial charge in [0, 0.05) is 54.0 Å². The van der Waals surface area contributed by atoms with Crippen molar-refractivity contribution in [1.82, 2.24) is 29.8 Å². The number of benzene rings is 2. The summed E-state index contributed by atoms with van der Waals surface area (Å²) in [6.07, 6.45) is 9.63. The van der Waals surface area contributed by atoms with Crippen molar-refractivity contribution in [3.63, 3.8) is 0 Å². The Labute approximate surface area is 232 Å². The van der Waals surface area contributed by atoms with E-state index >= 15 is 0 Å². The van der Waals surface area contributed by atoms with Gasteiger partial charge in [0.05, 0.1) is 12.9 Å². The lowest BCUT2D eigenvalue weighted by atomic mass is 10.0. The lowest BCUT2D eigenvalue weighted by Gasteiger charge is -2.10. The predicted molar refractivity (Wildman–Crippen MR) is 150 cm³/mol. The maximum Gasteiger partial charge on any atom is 0.266 e. The molecule has 0 radical (unpaired) electrons. The number of rotatable bonds is 7. The molecule has 0 saturated heterocycles. The van der Waals surface area contributed by atoms with Crippen LogP contribution >= 0.6 is 0 Å². The van der Waals surface area contributed by atoms with Gasteiger partial charge in [-0.3, -0.25) is 19.1 Å². The Balaban J connectivity index is 1.20. The molecule has 0 fully saturated rings. The van der Waals surface area contributed by atoms with Crippen LogP contribution in [0.5, 0.6) is 0 Å². The van der Waals surface area contributed by atoms with Crippen molar-refractivity contribution >= 4 is 16.9 Å². The van der Waals surface area contributed by atoms with Gasteiger partial charge >= 0.3 is 0 Å². The van der Waals surface area contributed by atoms with Gasteiger partial charge < -0.3 is 10.3 Å².